The van der Waals surface area contributed by atoms with Gasteiger partial charge in [0.25, 0.3) is 0 Å². The second-order valence-corrected chi connectivity index (χ2v) is 6.16. The third-order valence-electron chi connectivity index (χ3n) is 4.88. The molecule has 0 atom stereocenters. The van der Waals surface area contributed by atoms with Crippen molar-refractivity contribution >= 4 is 0 Å². The lowest BCUT2D eigenvalue weighted by Crippen LogP contribution is -2.25. The number of rotatable bonds is 2. The molecule has 2 aliphatic rings. The Kier molecular flexibility index (Phi) is 3.30. The molecule has 3 nitrogen and oxygen atoms in total. The molecule has 1 aromatic carbocycles. The Hall–Kier alpha value is -1.61. The summed E-state index contributed by atoms with van der Waals surface area (Å²) in [5.74, 6) is 1.22. The predicted molar refractivity (Wildman–Crippen MR) is 85.0 cm³/mol. The third-order valence-corrected chi connectivity index (χ3v) is 4.88. The summed E-state index contributed by atoms with van der Waals surface area (Å²) in [6.07, 6.45) is 7.21. The van der Waals surface area contributed by atoms with E-state index in [0.29, 0.717) is 0 Å². The van der Waals surface area contributed by atoms with Crippen molar-refractivity contribution in [3.63, 3.8) is 0 Å². The van der Waals surface area contributed by atoms with Crippen LogP contribution < -0.4 is 5.32 Å². The number of imidazole rings is 1. The maximum absolute atomic E-state index is 4.89. The third kappa shape index (κ3) is 2.11. The highest BCUT2D eigenvalue weighted by Crippen LogP contribution is 2.30. The monoisotopic (exact) mass is 281 g/mol. The van der Waals surface area contributed by atoms with Crippen LogP contribution in [0.1, 0.15) is 48.1 Å². The van der Waals surface area contributed by atoms with Gasteiger partial charge in [-0.05, 0) is 42.9 Å². The Morgan fingerprint density at radius 3 is 3.00 bits per heavy atom. The fourth-order valence-corrected chi connectivity index (χ4v) is 3.86. The summed E-state index contributed by atoms with van der Waals surface area (Å²) in [7, 11) is 0. The Bertz CT molecular complexity index is 669. The molecule has 1 N–H and O–H groups in total. The SMILES string of the molecule is CCc1nc2c(n1-c1cccc3c1CCCC3)CCNC2. The van der Waals surface area contributed by atoms with E-state index >= 15 is 0 Å². The van der Waals surface area contributed by atoms with Crippen LogP contribution in [0.15, 0.2) is 18.2 Å². The van der Waals surface area contributed by atoms with Gasteiger partial charge in [0.2, 0.25) is 0 Å². The quantitative estimate of drug-likeness (QED) is 0.917. The maximum Gasteiger partial charge on any atom is 0.113 e. The molecule has 0 bridgehead atoms. The van der Waals surface area contributed by atoms with E-state index in [0.717, 1.165) is 25.9 Å². The Labute approximate surface area is 126 Å². The van der Waals surface area contributed by atoms with E-state index in [1.165, 1.54) is 48.6 Å². The van der Waals surface area contributed by atoms with Crippen molar-refractivity contribution in [2.24, 2.45) is 0 Å². The number of hydrogen-bond donors (Lipinski definition) is 1. The van der Waals surface area contributed by atoms with Crippen molar-refractivity contribution in [1.82, 2.24) is 14.9 Å². The number of benzene rings is 1. The first kappa shape index (κ1) is 13.1. The van der Waals surface area contributed by atoms with E-state index < -0.39 is 0 Å². The number of aryl methyl sites for hydroxylation is 2. The molecule has 0 amide bonds. The normalized spacial score (nSPS) is 17.4. The second-order valence-electron chi connectivity index (χ2n) is 6.16. The van der Waals surface area contributed by atoms with Crippen LogP contribution in [0.3, 0.4) is 0 Å². The molecule has 21 heavy (non-hydrogen) atoms. The number of hydrogen-bond acceptors (Lipinski definition) is 2. The van der Waals surface area contributed by atoms with Crippen LogP contribution in [0, 0.1) is 0 Å². The highest BCUT2D eigenvalue weighted by Gasteiger charge is 2.22. The average Bonchev–Trinajstić information content (AvgIpc) is 2.92. The summed E-state index contributed by atoms with van der Waals surface area (Å²) in [6, 6.07) is 6.84. The molecule has 0 unspecified atom stereocenters. The lowest BCUT2D eigenvalue weighted by Gasteiger charge is -2.23. The number of aromatic nitrogens is 2. The molecule has 0 spiro atoms. The predicted octanol–water partition coefficient (Wildman–Crippen LogP) is 2.96. The van der Waals surface area contributed by atoms with E-state index in [-0.39, 0.29) is 0 Å². The van der Waals surface area contributed by atoms with Crippen LogP contribution in [-0.4, -0.2) is 16.1 Å². The van der Waals surface area contributed by atoms with Gasteiger partial charge in [0.15, 0.2) is 0 Å². The van der Waals surface area contributed by atoms with Gasteiger partial charge in [-0.2, -0.15) is 0 Å². The second kappa shape index (κ2) is 5.30. The minimum Gasteiger partial charge on any atom is -0.311 e. The molecule has 110 valence electrons. The average molecular weight is 281 g/mol. The molecule has 2 heterocycles. The summed E-state index contributed by atoms with van der Waals surface area (Å²) in [5, 5.41) is 3.44. The van der Waals surface area contributed by atoms with Gasteiger partial charge in [-0.15, -0.1) is 0 Å². The van der Waals surface area contributed by atoms with Gasteiger partial charge in [0.1, 0.15) is 5.82 Å². The van der Waals surface area contributed by atoms with Crippen molar-refractivity contribution in [3.05, 3.63) is 46.5 Å². The van der Waals surface area contributed by atoms with Gasteiger partial charge in [0.05, 0.1) is 11.4 Å². The lowest BCUT2D eigenvalue weighted by molar-refractivity contribution is 0.617. The highest BCUT2D eigenvalue weighted by molar-refractivity contribution is 5.50. The minimum atomic E-state index is 0.921. The van der Waals surface area contributed by atoms with Crippen LogP contribution >= 0.6 is 0 Å². The molecule has 0 saturated carbocycles. The van der Waals surface area contributed by atoms with Crippen LogP contribution in [0.25, 0.3) is 5.69 Å². The molecule has 2 aromatic rings. The molecule has 1 aromatic heterocycles. The van der Waals surface area contributed by atoms with Gasteiger partial charge in [-0.1, -0.05) is 19.1 Å². The van der Waals surface area contributed by atoms with E-state index in [1.807, 2.05) is 0 Å². The van der Waals surface area contributed by atoms with Crippen LogP contribution in [-0.2, 0) is 32.2 Å². The summed E-state index contributed by atoms with van der Waals surface area (Å²) < 4.78 is 2.47. The number of nitrogens with zero attached hydrogens (tertiary/aromatic N) is 2. The molecular formula is C18H23N3. The molecule has 0 fully saturated rings. The largest absolute Gasteiger partial charge is 0.311 e. The van der Waals surface area contributed by atoms with Gasteiger partial charge in [0, 0.05) is 31.6 Å². The van der Waals surface area contributed by atoms with E-state index in [2.05, 4.69) is 35.0 Å². The van der Waals surface area contributed by atoms with Gasteiger partial charge >= 0.3 is 0 Å². The fraction of sp³-hybridized carbons (Fsp3) is 0.500. The first-order chi connectivity index (χ1) is 10.4. The minimum absolute atomic E-state index is 0.921. The van der Waals surface area contributed by atoms with E-state index in [9.17, 15) is 0 Å². The van der Waals surface area contributed by atoms with Gasteiger partial charge in [-0.25, -0.2) is 4.98 Å². The number of nitrogens with one attached hydrogen (secondary N) is 1. The Morgan fingerprint density at radius 2 is 2.10 bits per heavy atom. The molecule has 0 radical (unpaired) electrons. The van der Waals surface area contributed by atoms with Crippen molar-refractivity contribution in [1.29, 1.82) is 0 Å². The van der Waals surface area contributed by atoms with Gasteiger partial charge < -0.3 is 9.88 Å². The summed E-state index contributed by atoms with van der Waals surface area (Å²) >= 11 is 0. The van der Waals surface area contributed by atoms with Crippen molar-refractivity contribution in [2.45, 2.75) is 52.0 Å². The Morgan fingerprint density at radius 1 is 1.19 bits per heavy atom. The van der Waals surface area contributed by atoms with Crippen LogP contribution in [0.4, 0.5) is 0 Å². The van der Waals surface area contributed by atoms with E-state index in [1.54, 1.807) is 11.1 Å². The zero-order chi connectivity index (χ0) is 14.2. The van der Waals surface area contributed by atoms with Crippen molar-refractivity contribution < 1.29 is 0 Å². The molecule has 1 aliphatic carbocycles. The van der Waals surface area contributed by atoms with Gasteiger partial charge in [-0.3, -0.25) is 0 Å². The van der Waals surface area contributed by atoms with Crippen LogP contribution in [0.2, 0.25) is 0 Å². The van der Waals surface area contributed by atoms with Crippen LogP contribution in [0.5, 0.6) is 0 Å². The molecule has 1 aliphatic heterocycles. The molecule has 0 saturated heterocycles. The zero-order valence-electron chi connectivity index (χ0n) is 12.8. The van der Waals surface area contributed by atoms with Crippen molar-refractivity contribution in [3.8, 4) is 5.69 Å². The summed E-state index contributed by atoms with van der Waals surface area (Å²) in [6.45, 7) is 4.20. The number of fused-ring (bicyclic) bond motifs is 2. The summed E-state index contributed by atoms with van der Waals surface area (Å²) in [5.41, 5.74) is 7.21. The lowest BCUT2D eigenvalue weighted by atomic mass is 9.90. The molecule has 4 rings (SSSR count). The topological polar surface area (TPSA) is 29.9 Å². The Balaban J connectivity index is 1.92. The summed E-state index contributed by atoms with van der Waals surface area (Å²) in [4.78, 5) is 4.89. The first-order valence-corrected chi connectivity index (χ1v) is 8.29. The highest BCUT2D eigenvalue weighted by atomic mass is 15.1. The fourth-order valence-electron chi connectivity index (χ4n) is 3.86. The smallest absolute Gasteiger partial charge is 0.113 e. The van der Waals surface area contributed by atoms with Crippen molar-refractivity contribution in [2.75, 3.05) is 6.54 Å². The molecular weight excluding hydrogens is 258 g/mol. The van der Waals surface area contributed by atoms with E-state index in [4.69, 9.17) is 4.98 Å². The maximum atomic E-state index is 4.89. The molecule has 3 heteroatoms. The standard InChI is InChI=1S/C18H23N3/c1-2-18-20-15-12-19-11-10-17(15)21(18)16-9-5-7-13-6-3-4-8-14(13)16/h5,7,9,19H,2-4,6,8,10-12H2,1H3. The first-order valence-electron chi connectivity index (χ1n) is 8.29. The zero-order valence-corrected chi connectivity index (χ0v) is 12.8.